The Balaban J connectivity index is 1.93. The first-order valence-electron chi connectivity index (χ1n) is 7.31. The molecular formula is C14H26N2O2. The number of aliphatic hydroxyl groups excluding tert-OH is 1. The summed E-state index contributed by atoms with van der Waals surface area (Å²) in [6, 6.07) is 0.256. The molecule has 1 unspecified atom stereocenters. The number of nitrogens with two attached hydrogens (primary N) is 1. The molecule has 104 valence electrons. The van der Waals surface area contributed by atoms with Crippen LogP contribution in [0.25, 0.3) is 0 Å². The fourth-order valence-electron chi connectivity index (χ4n) is 3.33. The Morgan fingerprint density at radius 3 is 2.67 bits per heavy atom. The van der Waals surface area contributed by atoms with Gasteiger partial charge in [0.2, 0.25) is 5.91 Å². The Hall–Kier alpha value is -0.610. The van der Waals surface area contributed by atoms with Gasteiger partial charge in [0.1, 0.15) is 0 Å². The fourth-order valence-corrected chi connectivity index (χ4v) is 3.33. The molecule has 3 N–H and O–H groups in total. The first-order chi connectivity index (χ1) is 8.71. The Morgan fingerprint density at radius 2 is 2.11 bits per heavy atom. The SMILES string of the molecule is NCC1(CC(=O)N2CCCCC2CCO)CCC1. The summed E-state index contributed by atoms with van der Waals surface area (Å²) in [6.07, 6.45) is 8.08. The molecule has 0 radical (unpaired) electrons. The van der Waals surface area contributed by atoms with Crippen LogP contribution in [-0.2, 0) is 4.79 Å². The monoisotopic (exact) mass is 254 g/mol. The smallest absolute Gasteiger partial charge is 0.223 e. The summed E-state index contributed by atoms with van der Waals surface area (Å²) in [5.41, 5.74) is 5.92. The molecule has 1 aliphatic carbocycles. The van der Waals surface area contributed by atoms with Crippen molar-refractivity contribution >= 4 is 5.91 Å². The van der Waals surface area contributed by atoms with E-state index in [4.69, 9.17) is 10.8 Å². The molecule has 4 nitrogen and oxygen atoms in total. The maximum atomic E-state index is 12.4. The molecule has 2 fully saturated rings. The molecule has 2 rings (SSSR count). The van der Waals surface area contributed by atoms with Crippen molar-refractivity contribution in [3.8, 4) is 0 Å². The van der Waals surface area contributed by atoms with Crippen molar-refractivity contribution < 1.29 is 9.90 Å². The molecule has 1 amide bonds. The van der Waals surface area contributed by atoms with E-state index < -0.39 is 0 Å². The molecule has 1 heterocycles. The third kappa shape index (κ3) is 2.86. The van der Waals surface area contributed by atoms with Crippen LogP contribution in [0.2, 0.25) is 0 Å². The molecule has 0 aromatic heterocycles. The molecule has 18 heavy (non-hydrogen) atoms. The van der Waals surface area contributed by atoms with Gasteiger partial charge in [-0.1, -0.05) is 6.42 Å². The highest BCUT2D eigenvalue weighted by molar-refractivity contribution is 5.77. The van der Waals surface area contributed by atoms with Crippen LogP contribution < -0.4 is 5.73 Å². The van der Waals surface area contributed by atoms with Gasteiger partial charge in [-0.3, -0.25) is 4.79 Å². The minimum absolute atomic E-state index is 0.0955. The van der Waals surface area contributed by atoms with E-state index in [9.17, 15) is 4.79 Å². The van der Waals surface area contributed by atoms with E-state index in [1.54, 1.807) is 0 Å². The number of carbonyl (C=O) groups is 1. The Morgan fingerprint density at radius 1 is 1.33 bits per heavy atom. The van der Waals surface area contributed by atoms with Gasteiger partial charge in [0.15, 0.2) is 0 Å². The van der Waals surface area contributed by atoms with Gasteiger partial charge in [0, 0.05) is 25.6 Å². The minimum atomic E-state index is 0.0955. The van der Waals surface area contributed by atoms with Crippen molar-refractivity contribution in [1.82, 2.24) is 4.90 Å². The van der Waals surface area contributed by atoms with Crippen molar-refractivity contribution in [3.05, 3.63) is 0 Å². The Kier molecular flexibility index (Phi) is 4.62. The summed E-state index contributed by atoms with van der Waals surface area (Å²) in [7, 11) is 0. The second-order valence-electron chi connectivity index (χ2n) is 5.98. The largest absolute Gasteiger partial charge is 0.396 e. The van der Waals surface area contributed by atoms with Crippen molar-refractivity contribution in [2.45, 2.75) is 57.4 Å². The summed E-state index contributed by atoms with van der Waals surface area (Å²) >= 11 is 0. The van der Waals surface area contributed by atoms with Crippen LogP contribution in [0.15, 0.2) is 0 Å². The first kappa shape index (κ1) is 13.8. The number of nitrogens with zero attached hydrogens (tertiary/aromatic N) is 1. The highest BCUT2D eigenvalue weighted by Crippen LogP contribution is 2.43. The van der Waals surface area contributed by atoms with Crippen LogP contribution in [-0.4, -0.2) is 41.7 Å². The fraction of sp³-hybridized carbons (Fsp3) is 0.929. The normalized spacial score (nSPS) is 26.8. The Labute approximate surface area is 110 Å². The van der Waals surface area contributed by atoms with Crippen LogP contribution in [0.5, 0.6) is 0 Å². The van der Waals surface area contributed by atoms with Gasteiger partial charge < -0.3 is 15.7 Å². The summed E-state index contributed by atoms with van der Waals surface area (Å²) < 4.78 is 0. The molecule has 0 aromatic carbocycles. The summed E-state index contributed by atoms with van der Waals surface area (Å²) in [6.45, 7) is 1.68. The second-order valence-corrected chi connectivity index (χ2v) is 5.98. The van der Waals surface area contributed by atoms with Gasteiger partial charge in [0.05, 0.1) is 0 Å². The molecule has 1 saturated carbocycles. The van der Waals surface area contributed by atoms with E-state index >= 15 is 0 Å². The van der Waals surface area contributed by atoms with Crippen molar-refractivity contribution in [1.29, 1.82) is 0 Å². The van der Waals surface area contributed by atoms with E-state index in [1.165, 1.54) is 12.8 Å². The lowest BCUT2D eigenvalue weighted by Gasteiger charge is -2.43. The average molecular weight is 254 g/mol. The summed E-state index contributed by atoms with van der Waals surface area (Å²) in [4.78, 5) is 14.4. The van der Waals surface area contributed by atoms with Crippen LogP contribution in [0.1, 0.15) is 51.4 Å². The van der Waals surface area contributed by atoms with Crippen molar-refractivity contribution in [3.63, 3.8) is 0 Å². The van der Waals surface area contributed by atoms with E-state index in [2.05, 4.69) is 0 Å². The average Bonchev–Trinajstić information content (AvgIpc) is 2.35. The summed E-state index contributed by atoms with van der Waals surface area (Å²) in [5.74, 6) is 0.262. The van der Waals surface area contributed by atoms with E-state index in [-0.39, 0.29) is 24.0 Å². The molecule has 0 spiro atoms. The zero-order valence-corrected chi connectivity index (χ0v) is 11.2. The number of piperidine rings is 1. The lowest BCUT2D eigenvalue weighted by atomic mass is 9.66. The molecule has 4 heteroatoms. The standard InChI is InChI=1S/C14H26N2O2/c15-11-14(6-3-7-14)10-13(18)16-8-2-1-4-12(16)5-9-17/h12,17H,1-11,15H2. The van der Waals surface area contributed by atoms with Gasteiger partial charge in [0.25, 0.3) is 0 Å². The molecular weight excluding hydrogens is 228 g/mol. The lowest BCUT2D eigenvalue weighted by molar-refractivity contribution is -0.139. The van der Waals surface area contributed by atoms with Crippen molar-refractivity contribution in [2.24, 2.45) is 11.1 Å². The molecule has 0 bridgehead atoms. The third-order valence-electron chi connectivity index (χ3n) is 4.78. The molecule has 1 aliphatic heterocycles. The van der Waals surface area contributed by atoms with Crippen LogP contribution in [0, 0.1) is 5.41 Å². The first-order valence-corrected chi connectivity index (χ1v) is 7.31. The number of rotatable bonds is 5. The van der Waals surface area contributed by atoms with E-state index in [1.807, 2.05) is 4.90 Å². The highest BCUT2D eigenvalue weighted by Gasteiger charge is 2.39. The number of hydrogen-bond donors (Lipinski definition) is 2. The zero-order valence-electron chi connectivity index (χ0n) is 11.2. The van der Waals surface area contributed by atoms with Crippen LogP contribution in [0.3, 0.4) is 0 Å². The number of aliphatic hydroxyl groups is 1. The third-order valence-corrected chi connectivity index (χ3v) is 4.78. The number of carbonyl (C=O) groups excluding carboxylic acids is 1. The minimum Gasteiger partial charge on any atom is -0.396 e. The predicted octanol–water partition coefficient (Wildman–Crippen LogP) is 1.27. The van der Waals surface area contributed by atoms with Gasteiger partial charge in [-0.15, -0.1) is 0 Å². The maximum absolute atomic E-state index is 12.4. The highest BCUT2D eigenvalue weighted by atomic mass is 16.3. The van der Waals surface area contributed by atoms with Crippen LogP contribution in [0.4, 0.5) is 0 Å². The Bertz CT molecular complexity index is 282. The predicted molar refractivity (Wildman–Crippen MR) is 71.0 cm³/mol. The van der Waals surface area contributed by atoms with E-state index in [0.717, 1.165) is 38.6 Å². The van der Waals surface area contributed by atoms with Crippen molar-refractivity contribution in [2.75, 3.05) is 19.7 Å². The molecule has 1 saturated heterocycles. The molecule has 0 aromatic rings. The zero-order chi connectivity index (χ0) is 13.0. The quantitative estimate of drug-likeness (QED) is 0.776. The maximum Gasteiger partial charge on any atom is 0.223 e. The number of hydrogen-bond acceptors (Lipinski definition) is 3. The van der Waals surface area contributed by atoms with Gasteiger partial charge in [-0.25, -0.2) is 0 Å². The number of likely N-dealkylation sites (tertiary alicyclic amines) is 1. The summed E-state index contributed by atoms with van der Waals surface area (Å²) in [5, 5.41) is 9.10. The number of amides is 1. The molecule has 1 atom stereocenters. The van der Waals surface area contributed by atoms with E-state index in [0.29, 0.717) is 13.0 Å². The van der Waals surface area contributed by atoms with Gasteiger partial charge in [-0.2, -0.15) is 0 Å². The molecule has 2 aliphatic rings. The van der Waals surface area contributed by atoms with Gasteiger partial charge >= 0.3 is 0 Å². The van der Waals surface area contributed by atoms with Crippen LogP contribution >= 0.6 is 0 Å². The second kappa shape index (κ2) is 6.02. The van der Waals surface area contributed by atoms with Gasteiger partial charge in [-0.05, 0) is 50.5 Å². The topological polar surface area (TPSA) is 66.6 Å². The lowest BCUT2D eigenvalue weighted by Crippen LogP contribution is -2.48.